The van der Waals surface area contributed by atoms with Crippen molar-refractivity contribution in [3.05, 3.63) is 91.0 Å². The summed E-state index contributed by atoms with van der Waals surface area (Å²) in [5.74, 6) is 0. The van der Waals surface area contributed by atoms with Crippen molar-refractivity contribution in [2.45, 2.75) is 0 Å². The van der Waals surface area contributed by atoms with E-state index in [1.165, 1.54) is 11.3 Å². The largest absolute Gasteiger partial charge is 0.325 e. The van der Waals surface area contributed by atoms with Crippen LogP contribution in [0.3, 0.4) is 0 Å². The van der Waals surface area contributed by atoms with E-state index in [0.29, 0.717) is 5.13 Å². The molecule has 1 aromatic heterocycles. The topological polar surface area (TPSA) is 54.0 Å². The number of carbonyl (C=O) groups excluding carboxylic acids is 1. The van der Waals surface area contributed by atoms with Crippen LogP contribution in [-0.2, 0) is 0 Å². The van der Waals surface area contributed by atoms with Crippen LogP contribution in [0, 0.1) is 0 Å². The Kier molecular flexibility index (Phi) is 4.94. The van der Waals surface area contributed by atoms with Crippen molar-refractivity contribution < 1.29 is 4.79 Å². The first-order valence-electron chi connectivity index (χ1n) is 8.54. The molecule has 4 aromatic rings. The molecule has 2 amide bonds. The lowest BCUT2D eigenvalue weighted by Crippen LogP contribution is -2.19. The summed E-state index contributed by atoms with van der Waals surface area (Å²) in [5, 5.41) is 6.22. The zero-order valence-corrected chi connectivity index (χ0v) is 15.2. The van der Waals surface area contributed by atoms with E-state index < -0.39 is 0 Å². The number of nitrogens with one attached hydrogen (secondary N) is 2. The van der Waals surface area contributed by atoms with Crippen LogP contribution in [0.4, 0.5) is 15.6 Å². The third-order valence-corrected chi connectivity index (χ3v) is 4.98. The van der Waals surface area contributed by atoms with Gasteiger partial charge in [0.25, 0.3) is 0 Å². The molecule has 0 fully saturated rings. The first-order valence-corrected chi connectivity index (χ1v) is 9.36. The molecule has 4 rings (SSSR count). The van der Waals surface area contributed by atoms with E-state index in [0.717, 1.165) is 27.4 Å². The molecule has 3 aromatic carbocycles. The smallest absolute Gasteiger partial charge is 0.308 e. The number of anilines is 2. The zero-order chi connectivity index (χ0) is 18.5. The van der Waals surface area contributed by atoms with Gasteiger partial charge in [0.05, 0.1) is 10.6 Å². The lowest BCUT2D eigenvalue weighted by molar-refractivity contribution is 0.262. The fraction of sp³-hybridized carbons (Fsp3) is 0. The molecule has 4 nitrogen and oxygen atoms in total. The van der Waals surface area contributed by atoms with Crippen LogP contribution in [0.2, 0.25) is 0 Å². The minimum absolute atomic E-state index is 0.311. The SMILES string of the molecule is O=C(Nc1ccccc1)Nc1nc(-c2ccccc2)c(-c2ccccc2)s1. The predicted octanol–water partition coefficient (Wildman–Crippen LogP) is 6.12. The molecule has 0 saturated carbocycles. The minimum Gasteiger partial charge on any atom is -0.308 e. The van der Waals surface area contributed by atoms with Crippen LogP contribution in [0.1, 0.15) is 0 Å². The van der Waals surface area contributed by atoms with Crippen molar-refractivity contribution in [1.82, 2.24) is 4.98 Å². The number of nitrogens with zero attached hydrogens (tertiary/aromatic N) is 1. The summed E-state index contributed by atoms with van der Waals surface area (Å²) < 4.78 is 0. The fourth-order valence-electron chi connectivity index (χ4n) is 2.73. The number of carbonyl (C=O) groups is 1. The first-order chi connectivity index (χ1) is 13.3. The average molecular weight is 371 g/mol. The highest BCUT2D eigenvalue weighted by atomic mass is 32.1. The summed E-state index contributed by atoms with van der Waals surface area (Å²) in [5.41, 5.74) is 3.69. The molecule has 0 unspecified atom stereocenters. The van der Waals surface area contributed by atoms with Gasteiger partial charge >= 0.3 is 6.03 Å². The van der Waals surface area contributed by atoms with Gasteiger partial charge in [0.2, 0.25) is 0 Å². The van der Waals surface area contributed by atoms with Crippen LogP contribution in [0.5, 0.6) is 0 Å². The van der Waals surface area contributed by atoms with E-state index >= 15 is 0 Å². The van der Waals surface area contributed by atoms with Gasteiger partial charge < -0.3 is 5.32 Å². The number of aromatic nitrogens is 1. The van der Waals surface area contributed by atoms with Gasteiger partial charge in [-0.25, -0.2) is 9.78 Å². The van der Waals surface area contributed by atoms with Crippen molar-refractivity contribution in [1.29, 1.82) is 0 Å². The van der Waals surface area contributed by atoms with Crippen molar-refractivity contribution in [2.75, 3.05) is 10.6 Å². The Morgan fingerprint density at radius 1 is 0.704 bits per heavy atom. The molecule has 0 spiro atoms. The number of para-hydroxylation sites is 1. The van der Waals surface area contributed by atoms with Gasteiger partial charge in [-0.05, 0) is 17.7 Å². The van der Waals surface area contributed by atoms with Gasteiger partial charge in [0.1, 0.15) is 0 Å². The van der Waals surface area contributed by atoms with Gasteiger partial charge in [-0.1, -0.05) is 90.2 Å². The summed E-state index contributed by atoms with van der Waals surface area (Å²) in [6.45, 7) is 0. The molecular formula is C22H17N3OS. The van der Waals surface area contributed by atoms with Crippen LogP contribution in [0.25, 0.3) is 21.7 Å². The summed E-state index contributed by atoms with van der Waals surface area (Å²) >= 11 is 1.46. The van der Waals surface area contributed by atoms with Gasteiger partial charge in [-0.15, -0.1) is 0 Å². The Balaban J connectivity index is 1.64. The second kappa shape index (κ2) is 7.85. The molecule has 0 radical (unpaired) electrons. The van der Waals surface area contributed by atoms with E-state index in [2.05, 4.69) is 15.6 Å². The highest BCUT2D eigenvalue weighted by Gasteiger charge is 2.16. The number of hydrogen-bond acceptors (Lipinski definition) is 3. The second-order valence-electron chi connectivity index (χ2n) is 5.87. The fourth-order valence-corrected chi connectivity index (χ4v) is 3.72. The molecule has 5 heteroatoms. The van der Waals surface area contributed by atoms with Gasteiger partial charge in [0, 0.05) is 11.3 Å². The molecule has 0 bridgehead atoms. The molecule has 0 aliphatic heterocycles. The van der Waals surface area contributed by atoms with E-state index in [4.69, 9.17) is 0 Å². The maximum absolute atomic E-state index is 12.3. The highest BCUT2D eigenvalue weighted by Crippen LogP contribution is 2.38. The monoisotopic (exact) mass is 371 g/mol. The molecule has 2 N–H and O–H groups in total. The lowest BCUT2D eigenvalue weighted by Gasteiger charge is -2.04. The van der Waals surface area contributed by atoms with E-state index in [-0.39, 0.29) is 6.03 Å². The first kappa shape index (κ1) is 17.0. The van der Waals surface area contributed by atoms with E-state index in [1.807, 2.05) is 91.0 Å². The molecule has 0 aliphatic rings. The highest BCUT2D eigenvalue weighted by molar-refractivity contribution is 7.19. The normalized spacial score (nSPS) is 10.4. The third kappa shape index (κ3) is 4.04. The number of benzene rings is 3. The van der Waals surface area contributed by atoms with Gasteiger partial charge in [-0.2, -0.15) is 0 Å². The van der Waals surface area contributed by atoms with Crippen molar-refractivity contribution in [3.8, 4) is 21.7 Å². The summed E-state index contributed by atoms with van der Waals surface area (Å²) in [6, 6.07) is 29.1. The molecule has 132 valence electrons. The average Bonchev–Trinajstić information content (AvgIpc) is 3.14. The zero-order valence-electron chi connectivity index (χ0n) is 14.4. The van der Waals surface area contributed by atoms with Crippen LogP contribution < -0.4 is 10.6 Å². The molecule has 0 atom stereocenters. The van der Waals surface area contributed by atoms with Crippen molar-refractivity contribution in [2.24, 2.45) is 0 Å². The van der Waals surface area contributed by atoms with Gasteiger partial charge in [0.15, 0.2) is 5.13 Å². The Morgan fingerprint density at radius 3 is 1.89 bits per heavy atom. The number of rotatable bonds is 4. The quantitative estimate of drug-likeness (QED) is 0.454. The minimum atomic E-state index is -0.311. The van der Waals surface area contributed by atoms with Crippen LogP contribution in [-0.4, -0.2) is 11.0 Å². The molecule has 27 heavy (non-hydrogen) atoms. The predicted molar refractivity (Wildman–Crippen MR) is 112 cm³/mol. The standard InChI is InChI=1S/C22H17N3OS/c26-21(23-18-14-8-3-9-15-18)25-22-24-19(16-10-4-1-5-11-16)20(27-22)17-12-6-2-7-13-17/h1-15H,(H2,23,24,25,26). The van der Waals surface area contributed by atoms with Crippen molar-refractivity contribution >= 4 is 28.2 Å². The molecule has 0 saturated heterocycles. The maximum Gasteiger partial charge on any atom is 0.325 e. The summed E-state index contributed by atoms with van der Waals surface area (Å²) in [4.78, 5) is 18.0. The second-order valence-corrected chi connectivity index (χ2v) is 6.87. The Hall–Kier alpha value is -3.44. The van der Waals surface area contributed by atoms with E-state index in [1.54, 1.807) is 0 Å². The van der Waals surface area contributed by atoms with Crippen LogP contribution in [0.15, 0.2) is 91.0 Å². The number of hydrogen-bond donors (Lipinski definition) is 2. The van der Waals surface area contributed by atoms with Crippen molar-refractivity contribution in [3.63, 3.8) is 0 Å². The number of thiazole rings is 1. The Morgan fingerprint density at radius 2 is 1.26 bits per heavy atom. The number of amides is 2. The summed E-state index contributed by atoms with van der Waals surface area (Å²) in [7, 11) is 0. The molecule has 1 heterocycles. The Labute approximate surface area is 161 Å². The lowest BCUT2D eigenvalue weighted by atomic mass is 10.1. The Bertz CT molecular complexity index is 974. The third-order valence-electron chi connectivity index (χ3n) is 3.96. The van der Waals surface area contributed by atoms with Gasteiger partial charge in [-0.3, -0.25) is 5.32 Å². The molecular weight excluding hydrogens is 354 g/mol. The van der Waals surface area contributed by atoms with E-state index in [9.17, 15) is 4.79 Å². The molecule has 0 aliphatic carbocycles. The maximum atomic E-state index is 12.3. The summed E-state index contributed by atoms with van der Waals surface area (Å²) in [6.07, 6.45) is 0. The number of urea groups is 1. The van der Waals surface area contributed by atoms with Crippen LogP contribution >= 0.6 is 11.3 Å².